The Morgan fingerprint density at radius 2 is 2.00 bits per heavy atom. The summed E-state index contributed by atoms with van der Waals surface area (Å²) >= 11 is 1.32. The number of nitrogens with zero attached hydrogens (tertiary/aromatic N) is 2. The Balaban J connectivity index is 1.60. The maximum atomic E-state index is 12.3. The van der Waals surface area contributed by atoms with Gasteiger partial charge in [0.15, 0.2) is 11.2 Å². The summed E-state index contributed by atoms with van der Waals surface area (Å²) in [6, 6.07) is 11.4. The fourth-order valence-corrected chi connectivity index (χ4v) is 3.07. The molecule has 138 valence electrons. The largest absolute Gasteiger partial charge is 0.449 e. The predicted molar refractivity (Wildman–Crippen MR) is 105 cm³/mol. The zero-order chi connectivity index (χ0) is 19.2. The van der Waals surface area contributed by atoms with Crippen molar-refractivity contribution in [3.63, 3.8) is 0 Å². The van der Waals surface area contributed by atoms with E-state index >= 15 is 0 Å². The van der Waals surface area contributed by atoms with Gasteiger partial charge in [0.05, 0.1) is 11.3 Å². The molecule has 0 aliphatic heterocycles. The molecule has 27 heavy (non-hydrogen) atoms. The van der Waals surface area contributed by atoms with Crippen molar-refractivity contribution in [2.45, 2.75) is 26.4 Å². The Kier molecular flexibility index (Phi) is 5.93. The second-order valence-corrected chi connectivity index (χ2v) is 6.72. The summed E-state index contributed by atoms with van der Waals surface area (Å²) in [4.78, 5) is 32.6. The van der Waals surface area contributed by atoms with Crippen LogP contribution in [0.4, 0.5) is 5.13 Å². The Bertz CT molecular complexity index is 923. The number of carbonyl (C=O) groups is 2. The number of hydrogen-bond acceptors (Lipinski definition) is 6. The van der Waals surface area contributed by atoms with Gasteiger partial charge in [-0.1, -0.05) is 31.2 Å². The van der Waals surface area contributed by atoms with E-state index in [0.29, 0.717) is 10.7 Å². The molecule has 0 saturated heterocycles. The third kappa shape index (κ3) is 4.77. The van der Waals surface area contributed by atoms with Gasteiger partial charge in [-0.2, -0.15) is 0 Å². The Morgan fingerprint density at radius 1 is 1.22 bits per heavy atom. The van der Waals surface area contributed by atoms with E-state index in [1.54, 1.807) is 18.3 Å². The van der Waals surface area contributed by atoms with Crippen LogP contribution in [0.15, 0.2) is 54.2 Å². The lowest BCUT2D eigenvalue weighted by atomic mass is 10.1. The topological polar surface area (TPSA) is 81.2 Å². The molecule has 0 aliphatic rings. The summed E-state index contributed by atoms with van der Waals surface area (Å²) in [6.07, 6.45) is 2.98. The first-order valence-electron chi connectivity index (χ1n) is 8.53. The molecule has 0 fully saturated rings. The third-order valence-corrected chi connectivity index (χ3v) is 4.70. The minimum Gasteiger partial charge on any atom is -0.449 e. The fourth-order valence-electron chi connectivity index (χ4n) is 2.35. The van der Waals surface area contributed by atoms with Gasteiger partial charge in [0.2, 0.25) is 0 Å². The zero-order valence-corrected chi connectivity index (χ0v) is 15.8. The molecule has 3 rings (SSSR count). The number of nitrogens with one attached hydrogen (secondary N) is 1. The van der Waals surface area contributed by atoms with E-state index in [-0.39, 0.29) is 0 Å². The first-order chi connectivity index (χ1) is 13.1. The van der Waals surface area contributed by atoms with Crippen molar-refractivity contribution >= 4 is 28.3 Å². The maximum Gasteiger partial charge on any atom is 0.340 e. The molecule has 2 heterocycles. The van der Waals surface area contributed by atoms with Crippen molar-refractivity contribution in [3.8, 4) is 11.3 Å². The maximum absolute atomic E-state index is 12.3. The summed E-state index contributed by atoms with van der Waals surface area (Å²) in [6.45, 7) is 3.62. The second-order valence-electron chi connectivity index (χ2n) is 5.87. The minimum atomic E-state index is -0.950. The lowest BCUT2D eigenvalue weighted by molar-refractivity contribution is -0.123. The van der Waals surface area contributed by atoms with Crippen molar-refractivity contribution in [2.24, 2.45) is 0 Å². The molecule has 0 saturated carbocycles. The number of amides is 1. The van der Waals surface area contributed by atoms with E-state index in [9.17, 15) is 9.59 Å². The molecule has 1 aromatic carbocycles. The zero-order valence-electron chi connectivity index (χ0n) is 15.0. The van der Waals surface area contributed by atoms with Crippen LogP contribution in [-0.2, 0) is 16.0 Å². The molecule has 0 bridgehead atoms. The minimum absolute atomic E-state index is 0.296. The van der Waals surface area contributed by atoms with Crippen molar-refractivity contribution in [1.82, 2.24) is 9.97 Å². The van der Waals surface area contributed by atoms with Gasteiger partial charge in [-0.15, -0.1) is 11.3 Å². The van der Waals surface area contributed by atoms with Crippen LogP contribution in [-0.4, -0.2) is 27.9 Å². The SMILES string of the molecule is CCc1ccc(-c2csc(NC(=O)[C@H](C)OC(=O)c3cccnc3)n2)cc1. The Labute approximate surface area is 161 Å². The first-order valence-corrected chi connectivity index (χ1v) is 9.41. The molecule has 3 aromatic rings. The normalized spacial score (nSPS) is 11.6. The van der Waals surface area contributed by atoms with E-state index in [2.05, 4.69) is 34.3 Å². The molecule has 1 amide bonds. The van der Waals surface area contributed by atoms with Gasteiger partial charge in [0.25, 0.3) is 5.91 Å². The molecule has 0 unspecified atom stereocenters. The van der Waals surface area contributed by atoms with E-state index in [1.807, 2.05) is 17.5 Å². The molecule has 0 spiro atoms. The van der Waals surface area contributed by atoms with Crippen LogP contribution in [0.3, 0.4) is 0 Å². The van der Waals surface area contributed by atoms with Crippen molar-refractivity contribution in [1.29, 1.82) is 0 Å². The van der Waals surface area contributed by atoms with E-state index < -0.39 is 18.0 Å². The van der Waals surface area contributed by atoms with Crippen LogP contribution >= 0.6 is 11.3 Å². The number of hydrogen-bond donors (Lipinski definition) is 1. The van der Waals surface area contributed by atoms with E-state index in [0.717, 1.165) is 17.7 Å². The molecule has 0 radical (unpaired) electrons. The van der Waals surface area contributed by atoms with E-state index in [4.69, 9.17) is 4.74 Å². The number of aryl methyl sites for hydroxylation is 1. The summed E-state index contributed by atoms with van der Waals surface area (Å²) in [7, 11) is 0. The van der Waals surface area contributed by atoms with Gasteiger partial charge in [0.1, 0.15) is 0 Å². The number of ether oxygens (including phenoxy) is 1. The van der Waals surface area contributed by atoms with Crippen molar-refractivity contribution in [3.05, 3.63) is 65.3 Å². The summed E-state index contributed by atoms with van der Waals surface area (Å²) < 4.78 is 5.17. The van der Waals surface area contributed by atoms with Gasteiger partial charge in [0, 0.05) is 23.3 Å². The van der Waals surface area contributed by atoms with Crippen molar-refractivity contribution in [2.75, 3.05) is 5.32 Å². The van der Waals surface area contributed by atoms with Gasteiger partial charge >= 0.3 is 5.97 Å². The lowest BCUT2D eigenvalue weighted by Crippen LogP contribution is -2.30. The highest BCUT2D eigenvalue weighted by atomic mass is 32.1. The highest BCUT2D eigenvalue weighted by Gasteiger charge is 2.20. The number of esters is 1. The average molecular weight is 381 g/mol. The molecular weight excluding hydrogens is 362 g/mol. The number of thiazole rings is 1. The number of aromatic nitrogens is 2. The van der Waals surface area contributed by atoms with Gasteiger partial charge in [-0.25, -0.2) is 9.78 Å². The fraction of sp³-hybridized carbons (Fsp3) is 0.200. The smallest absolute Gasteiger partial charge is 0.340 e. The monoisotopic (exact) mass is 381 g/mol. The summed E-state index contributed by atoms with van der Waals surface area (Å²) in [5.74, 6) is -1.03. The second kappa shape index (κ2) is 8.55. The van der Waals surface area contributed by atoms with Crippen LogP contribution in [0.1, 0.15) is 29.8 Å². The van der Waals surface area contributed by atoms with Gasteiger partial charge in [-0.3, -0.25) is 15.1 Å². The Morgan fingerprint density at radius 3 is 2.67 bits per heavy atom. The number of pyridine rings is 1. The quantitative estimate of drug-likeness (QED) is 0.654. The molecule has 7 heteroatoms. The van der Waals surface area contributed by atoms with E-state index in [1.165, 1.54) is 30.0 Å². The van der Waals surface area contributed by atoms with Crippen LogP contribution in [0.2, 0.25) is 0 Å². The number of carbonyl (C=O) groups excluding carboxylic acids is 2. The molecule has 6 nitrogen and oxygen atoms in total. The Hall–Kier alpha value is -3.06. The third-order valence-electron chi connectivity index (χ3n) is 3.94. The molecule has 2 aromatic heterocycles. The summed E-state index contributed by atoms with van der Waals surface area (Å²) in [5.41, 5.74) is 3.33. The molecule has 0 aliphatic carbocycles. The van der Waals surface area contributed by atoms with Crippen LogP contribution < -0.4 is 5.32 Å². The summed E-state index contributed by atoms with van der Waals surface area (Å²) in [5, 5.41) is 5.02. The van der Waals surface area contributed by atoms with Crippen LogP contribution in [0.25, 0.3) is 11.3 Å². The standard InChI is InChI=1S/C20H19N3O3S/c1-3-14-6-8-15(9-7-14)17-12-27-20(22-17)23-18(24)13(2)26-19(25)16-5-4-10-21-11-16/h4-13H,3H2,1-2H3,(H,22,23,24)/t13-/m0/s1. The van der Waals surface area contributed by atoms with Crippen LogP contribution in [0, 0.1) is 0 Å². The molecule has 1 N–H and O–H groups in total. The highest BCUT2D eigenvalue weighted by molar-refractivity contribution is 7.14. The number of rotatable bonds is 6. The number of anilines is 1. The van der Waals surface area contributed by atoms with Crippen molar-refractivity contribution < 1.29 is 14.3 Å². The molecule has 1 atom stereocenters. The number of benzene rings is 1. The predicted octanol–water partition coefficient (Wildman–Crippen LogP) is 3.95. The first kappa shape index (κ1) is 18.7. The highest BCUT2D eigenvalue weighted by Crippen LogP contribution is 2.25. The van der Waals surface area contributed by atoms with Gasteiger partial charge < -0.3 is 4.74 Å². The lowest BCUT2D eigenvalue weighted by Gasteiger charge is -2.12. The van der Waals surface area contributed by atoms with Gasteiger partial charge in [-0.05, 0) is 31.0 Å². The van der Waals surface area contributed by atoms with Crippen LogP contribution in [0.5, 0.6) is 0 Å². The molecular formula is C20H19N3O3S. The average Bonchev–Trinajstić information content (AvgIpc) is 3.17.